The summed E-state index contributed by atoms with van der Waals surface area (Å²) in [5.74, 6) is 0.603. The Bertz CT molecular complexity index is 1410. The Balaban J connectivity index is 1.56. The first-order valence-corrected chi connectivity index (χ1v) is 11.0. The second-order valence-electron chi connectivity index (χ2n) is 7.19. The summed E-state index contributed by atoms with van der Waals surface area (Å²) in [5, 5.41) is 9.48. The van der Waals surface area contributed by atoms with Crippen LogP contribution in [0.5, 0.6) is 5.75 Å². The second kappa shape index (κ2) is 8.53. The molecule has 0 fully saturated rings. The van der Waals surface area contributed by atoms with Gasteiger partial charge in [0.05, 0.1) is 12.0 Å². The first-order chi connectivity index (χ1) is 15.6. The molecule has 0 spiro atoms. The van der Waals surface area contributed by atoms with Gasteiger partial charge in [-0.1, -0.05) is 23.7 Å². The summed E-state index contributed by atoms with van der Waals surface area (Å²) in [4.78, 5) is 14.0. The van der Waals surface area contributed by atoms with E-state index in [2.05, 4.69) is 19.1 Å². The summed E-state index contributed by atoms with van der Waals surface area (Å²) in [6.07, 6.45) is 3.49. The number of methoxy groups -OCH3 is 1. The van der Waals surface area contributed by atoms with Gasteiger partial charge >= 0.3 is 0 Å². The van der Waals surface area contributed by atoms with E-state index in [0.29, 0.717) is 39.1 Å². The van der Waals surface area contributed by atoms with Crippen LogP contribution >= 0.6 is 23.1 Å². The standard InChI is InChI=1S/C24H17ClN4O2S/c1-31-17-8-9-22-18(11-17)19(14-29(22)13-15-4-6-16(25)7-5-15)24(30)23-12-21(28-32-23)20-3-2-10-26-27-20/h2-12,14H,13H2,1H3. The van der Waals surface area contributed by atoms with E-state index in [1.54, 1.807) is 25.4 Å². The Morgan fingerprint density at radius 1 is 1.09 bits per heavy atom. The molecule has 5 rings (SSSR count). The molecule has 158 valence electrons. The predicted octanol–water partition coefficient (Wildman–Crippen LogP) is 5.50. The van der Waals surface area contributed by atoms with Gasteiger partial charge < -0.3 is 9.30 Å². The molecular formula is C24H17ClN4O2S. The van der Waals surface area contributed by atoms with Gasteiger partial charge in [-0.3, -0.25) is 4.79 Å². The third-order valence-corrected chi connectivity index (χ3v) is 6.21. The summed E-state index contributed by atoms with van der Waals surface area (Å²) >= 11 is 7.18. The van der Waals surface area contributed by atoms with E-state index >= 15 is 0 Å². The normalized spacial score (nSPS) is 11.1. The van der Waals surface area contributed by atoms with E-state index in [1.807, 2.05) is 54.7 Å². The van der Waals surface area contributed by atoms with Crippen LogP contribution < -0.4 is 4.74 Å². The van der Waals surface area contributed by atoms with E-state index in [0.717, 1.165) is 28.0 Å². The summed E-state index contributed by atoms with van der Waals surface area (Å²) in [6, 6.07) is 18.8. The molecule has 0 N–H and O–H groups in total. The molecule has 2 aromatic carbocycles. The van der Waals surface area contributed by atoms with Gasteiger partial charge in [0, 0.05) is 40.4 Å². The van der Waals surface area contributed by atoms with E-state index in [-0.39, 0.29) is 5.78 Å². The van der Waals surface area contributed by atoms with Crippen LogP contribution in [0.4, 0.5) is 0 Å². The lowest BCUT2D eigenvalue weighted by Gasteiger charge is -2.06. The third kappa shape index (κ3) is 3.88. The number of halogens is 1. The molecule has 0 aliphatic heterocycles. The fourth-order valence-corrected chi connectivity index (χ4v) is 4.40. The molecule has 0 unspecified atom stereocenters. The van der Waals surface area contributed by atoms with Crippen LogP contribution in [0.1, 0.15) is 20.8 Å². The quantitative estimate of drug-likeness (QED) is 0.313. The van der Waals surface area contributed by atoms with Gasteiger partial charge in [-0.15, -0.1) is 5.10 Å². The van der Waals surface area contributed by atoms with Gasteiger partial charge in [-0.05, 0) is 65.6 Å². The molecule has 3 aromatic heterocycles. The Morgan fingerprint density at radius 3 is 2.69 bits per heavy atom. The molecule has 0 amide bonds. The zero-order chi connectivity index (χ0) is 22.1. The smallest absolute Gasteiger partial charge is 0.206 e. The lowest BCUT2D eigenvalue weighted by molar-refractivity contribution is 0.104. The van der Waals surface area contributed by atoms with Crippen molar-refractivity contribution >= 4 is 39.8 Å². The van der Waals surface area contributed by atoms with Gasteiger partial charge in [0.2, 0.25) is 5.78 Å². The van der Waals surface area contributed by atoms with Gasteiger partial charge in [-0.2, -0.15) is 9.47 Å². The van der Waals surface area contributed by atoms with E-state index in [9.17, 15) is 4.79 Å². The van der Waals surface area contributed by atoms with E-state index in [4.69, 9.17) is 16.3 Å². The average Bonchev–Trinajstić information content (AvgIpc) is 3.46. The minimum Gasteiger partial charge on any atom is -0.497 e. The maximum atomic E-state index is 13.5. The van der Waals surface area contributed by atoms with E-state index in [1.165, 1.54) is 0 Å². The molecule has 0 bridgehead atoms. The Morgan fingerprint density at radius 2 is 1.94 bits per heavy atom. The van der Waals surface area contributed by atoms with Gasteiger partial charge in [0.1, 0.15) is 17.1 Å². The SMILES string of the molecule is COc1ccc2c(c1)c(C(=O)c1cc(-c3cccnn3)ns1)cn2Cc1ccc(Cl)cc1. The molecule has 0 radical (unpaired) electrons. The zero-order valence-electron chi connectivity index (χ0n) is 17.0. The Hall–Kier alpha value is -3.55. The second-order valence-corrected chi connectivity index (χ2v) is 8.44. The number of hydrogen-bond acceptors (Lipinski definition) is 6. The Labute approximate surface area is 193 Å². The Kier molecular flexibility index (Phi) is 5.43. The maximum absolute atomic E-state index is 13.5. The molecule has 8 heteroatoms. The van der Waals surface area contributed by atoms with Crippen LogP contribution in [0, 0.1) is 0 Å². The molecular weight excluding hydrogens is 444 g/mol. The molecule has 0 saturated carbocycles. The topological polar surface area (TPSA) is 69.9 Å². The van der Waals surface area contributed by atoms with Crippen molar-refractivity contribution in [3.05, 3.63) is 94.1 Å². The minimum atomic E-state index is -0.0919. The number of fused-ring (bicyclic) bond motifs is 1. The number of benzene rings is 2. The van der Waals surface area contributed by atoms with Crippen LogP contribution in [0.15, 0.2) is 73.1 Å². The van der Waals surface area contributed by atoms with Crippen molar-refractivity contribution in [3.63, 3.8) is 0 Å². The molecule has 0 aliphatic rings. The van der Waals surface area contributed by atoms with Crippen LogP contribution in [-0.4, -0.2) is 32.0 Å². The molecule has 0 aliphatic carbocycles. The fourth-order valence-electron chi connectivity index (χ4n) is 3.58. The molecule has 0 saturated heterocycles. The van der Waals surface area contributed by atoms with Crippen molar-refractivity contribution in [2.45, 2.75) is 6.54 Å². The highest BCUT2D eigenvalue weighted by atomic mass is 35.5. The maximum Gasteiger partial charge on any atom is 0.206 e. The van der Waals surface area contributed by atoms with Crippen LogP contribution in [-0.2, 0) is 6.54 Å². The van der Waals surface area contributed by atoms with Crippen molar-refractivity contribution in [3.8, 4) is 17.1 Å². The number of carbonyl (C=O) groups is 1. The van der Waals surface area contributed by atoms with Crippen LogP contribution in [0.2, 0.25) is 5.02 Å². The molecule has 0 atom stereocenters. The van der Waals surface area contributed by atoms with Gasteiger partial charge in [0.15, 0.2) is 0 Å². The highest BCUT2D eigenvalue weighted by Gasteiger charge is 2.20. The average molecular weight is 461 g/mol. The highest BCUT2D eigenvalue weighted by molar-refractivity contribution is 7.08. The van der Waals surface area contributed by atoms with Gasteiger partial charge in [-0.25, -0.2) is 0 Å². The van der Waals surface area contributed by atoms with Crippen molar-refractivity contribution in [1.29, 1.82) is 0 Å². The first-order valence-electron chi connectivity index (χ1n) is 9.83. The van der Waals surface area contributed by atoms with Crippen LogP contribution in [0.3, 0.4) is 0 Å². The number of nitrogens with zero attached hydrogens (tertiary/aromatic N) is 4. The summed E-state index contributed by atoms with van der Waals surface area (Å²) < 4.78 is 11.9. The third-order valence-electron chi connectivity index (χ3n) is 5.17. The lowest BCUT2D eigenvalue weighted by atomic mass is 10.1. The summed E-state index contributed by atoms with van der Waals surface area (Å²) in [7, 11) is 1.61. The van der Waals surface area contributed by atoms with E-state index < -0.39 is 0 Å². The van der Waals surface area contributed by atoms with Crippen LogP contribution in [0.25, 0.3) is 22.3 Å². The lowest BCUT2D eigenvalue weighted by Crippen LogP contribution is -1.99. The summed E-state index contributed by atoms with van der Waals surface area (Å²) in [5.41, 5.74) is 3.90. The van der Waals surface area contributed by atoms with Gasteiger partial charge in [0.25, 0.3) is 0 Å². The highest BCUT2D eigenvalue weighted by Crippen LogP contribution is 2.30. The number of ether oxygens (including phenoxy) is 1. The largest absolute Gasteiger partial charge is 0.497 e. The first kappa shape index (κ1) is 20.4. The number of aromatic nitrogens is 4. The van der Waals surface area contributed by atoms with Crippen molar-refractivity contribution < 1.29 is 9.53 Å². The van der Waals surface area contributed by atoms with Crippen molar-refractivity contribution in [1.82, 2.24) is 19.1 Å². The minimum absolute atomic E-state index is 0.0919. The summed E-state index contributed by atoms with van der Waals surface area (Å²) in [6.45, 7) is 0.612. The van der Waals surface area contributed by atoms with Crippen molar-refractivity contribution in [2.75, 3.05) is 7.11 Å². The fraction of sp³-hybridized carbons (Fsp3) is 0.0833. The molecule has 6 nitrogen and oxygen atoms in total. The predicted molar refractivity (Wildman–Crippen MR) is 126 cm³/mol. The zero-order valence-corrected chi connectivity index (χ0v) is 18.6. The molecule has 3 heterocycles. The van der Waals surface area contributed by atoms with Crippen molar-refractivity contribution in [2.24, 2.45) is 0 Å². The monoisotopic (exact) mass is 460 g/mol. The molecule has 32 heavy (non-hydrogen) atoms. The number of ketones is 1. The molecule has 5 aromatic rings. The number of hydrogen-bond donors (Lipinski definition) is 0. The number of rotatable bonds is 6. The number of carbonyl (C=O) groups excluding carboxylic acids is 1.